The van der Waals surface area contributed by atoms with Crippen LogP contribution in [0.3, 0.4) is 0 Å². The fourth-order valence-corrected chi connectivity index (χ4v) is 3.07. The molecule has 3 rings (SSSR count). The smallest absolute Gasteiger partial charge is 0.188 e. The Morgan fingerprint density at radius 2 is 1.20 bits per heavy atom. The van der Waals surface area contributed by atoms with E-state index < -0.39 is 0 Å². The van der Waals surface area contributed by atoms with Gasteiger partial charge in [-0.2, -0.15) is 10.5 Å². The predicted octanol–water partition coefficient (Wildman–Crippen LogP) is 4.94. The zero-order chi connectivity index (χ0) is 21.5. The molecule has 0 heterocycles. The minimum Gasteiger partial charge on any atom is -0.497 e. The lowest BCUT2D eigenvalue weighted by molar-refractivity contribution is 0.357. The van der Waals surface area contributed by atoms with Crippen LogP contribution in [0.1, 0.15) is 11.1 Å². The van der Waals surface area contributed by atoms with Crippen LogP contribution in [0.4, 0.5) is 22.7 Å². The van der Waals surface area contributed by atoms with Crippen LogP contribution in [0.2, 0.25) is 0 Å². The molecule has 0 spiro atoms. The van der Waals surface area contributed by atoms with Crippen molar-refractivity contribution < 1.29 is 14.2 Å². The van der Waals surface area contributed by atoms with Gasteiger partial charge in [0.15, 0.2) is 11.5 Å². The quantitative estimate of drug-likeness (QED) is 0.579. The van der Waals surface area contributed by atoms with E-state index in [1.807, 2.05) is 48.5 Å². The fourth-order valence-electron chi connectivity index (χ4n) is 3.07. The number of nitriles is 2. The number of benzene rings is 3. The van der Waals surface area contributed by atoms with E-state index in [1.54, 1.807) is 13.2 Å². The van der Waals surface area contributed by atoms with Crippen LogP contribution in [0, 0.1) is 22.7 Å². The summed E-state index contributed by atoms with van der Waals surface area (Å²) in [5, 5.41) is 26.1. The standard InChI is InChI=1S/C23H20N4O3/c1-28-17-11-7-10-16(12-17)27-21-19(14-25)18(13-24)20(22(29-2)23(21)30-3)26-15-8-5-4-6-9-15/h4-12,26-27H,1-3H3. The molecular formula is C23H20N4O3. The summed E-state index contributed by atoms with van der Waals surface area (Å²) in [6, 6.07) is 20.8. The van der Waals surface area contributed by atoms with Crippen molar-refractivity contribution in [1.82, 2.24) is 0 Å². The van der Waals surface area contributed by atoms with Gasteiger partial charge in [-0.25, -0.2) is 0 Å². The molecule has 0 aliphatic carbocycles. The molecule has 0 amide bonds. The maximum absolute atomic E-state index is 9.89. The summed E-state index contributed by atoms with van der Waals surface area (Å²) in [5.74, 6) is 1.25. The van der Waals surface area contributed by atoms with Gasteiger partial charge in [0.1, 0.15) is 29.3 Å². The van der Waals surface area contributed by atoms with Crippen LogP contribution in [0.25, 0.3) is 0 Å². The normalized spacial score (nSPS) is 9.77. The van der Waals surface area contributed by atoms with Gasteiger partial charge in [0.2, 0.25) is 0 Å². The van der Waals surface area contributed by atoms with E-state index in [0.717, 1.165) is 5.69 Å². The van der Waals surface area contributed by atoms with E-state index in [9.17, 15) is 10.5 Å². The molecule has 0 saturated carbocycles. The highest BCUT2D eigenvalue weighted by molar-refractivity contribution is 5.89. The molecule has 30 heavy (non-hydrogen) atoms. The van der Waals surface area contributed by atoms with Gasteiger partial charge < -0.3 is 24.8 Å². The number of methoxy groups -OCH3 is 3. The maximum Gasteiger partial charge on any atom is 0.188 e. The molecule has 0 saturated heterocycles. The second kappa shape index (κ2) is 9.22. The Hall–Kier alpha value is -4.36. The summed E-state index contributed by atoms with van der Waals surface area (Å²) in [6.07, 6.45) is 0. The van der Waals surface area contributed by atoms with Gasteiger partial charge in [0, 0.05) is 17.4 Å². The zero-order valence-electron chi connectivity index (χ0n) is 16.8. The number of rotatable bonds is 7. The van der Waals surface area contributed by atoms with Crippen LogP contribution in [-0.4, -0.2) is 21.3 Å². The van der Waals surface area contributed by atoms with E-state index in [0.29, 0.717) is 34.3 Å². The summed E-state index contributed by atoms with van der Waals surface area (Å²) in [7, 11) is 4.53. The van der Waals surface area contributed by atoms with E-state index >= 15 is 0 Å². The average molecular weight is 400 g/mol. The molecule has 0 unspecified atom stereocenters. The molecule has 3 aromatic rings. The number of nitrogens with one attached hydrogen (secondary N) is 2. The Morgan fingerprint density at radius 3 is 1.70 bits per heavy atom. The minimum atomic E-state index is 0.136. The first kappa shape index (κ1) is 20.4. The molecule has 150 valence electrons. The lowest BCUT2D eigenvalue weighted by Crippen LogP contribution is -2.07. The topological polar surface area (TPSA) is 99.3 Å². The summed E-state index contributed by atoms with van der Waals surface area (Å²) in [5.41, 5.74) is 2.38. The Morgan fingerprint density at radius 1 is 0.667 bits per heavy atom. The molecular weight excluding hydrogens is 380 g/mol. The number of hydrogen-bond donors (Lipinski definition) is 2. The number of nitrogens with zero attached hydrogens (tertiary/aromatic N) is 2. The molecule has 0 aliphatic rings. The van der Waals surface area contributed by atoms with Gasteiger partial charge in [0.25, 0.3) is 0 Å². The van der Waals surface area contributed by atoms with Crippen molar-refractivity contribution in [3.63, 3.8) is 0 Å². The zero-order valence-corrected chi connectivity index (χ0v) is 16.8. The van der Waals surface area contributed by atoms with Crippen LogP contribution >= 0.6 is 0 Å². The Kier molecular flexibility index (Phi) is 6.26. The Bertz CT molecular complexity index is 1130. The van der Waals surface area contributed by atoms with E-state index in [2.05, 4.69) is 22.8 Å². The van der Waals surface area contributed by atoms with Crippen molar-refractivity contribution in [3.05, 3.63) is 65.7 Å². The van der Waals surface area contributed by atoms with Crippen LogP contribution in [-0.2, 0) is 0 Å². The maximum atomic E-state index is 9.89. The predicted molar refractivity (Wildman–Crippen MR) is 115 cm³/mol. The van der Waals surface area contributed by atoms with Gasteiger partial charge in [-0.15, -0.1) is 0 Å². The molecule has 7 nitrogen and oxygen atoms in total. The Balaban J connectivity index is 2.22. The molecule has 0 aromatic heterocycles. The summed E-state index contributed by atoms with van der Waals surface area (Å²) in [4.78, 5) is 0. The van der Waals surface area contributed by atoms with Crippen molar-refractivity contribution in [2.45, 2.75) is 0 Å². The number of anilines is 4. The highest BCUT2D eigenvalue weighted by atomic mass is 16.5. The minimum absolute atomic E-state index is 0.136. The highest BCUT2D eigenvalue weighted by Crippen LogP contribution is 2.48. The number of para-hydroxylation sites is 1. The summed E-state index contributed by atoms with van der Waals surface area (Å²) in [6.45, 7) is 0. The lowest BCUT2D eigenvalue weighted by atomic mass is 10.0. The third-order valence-electron chi connectivity index (χ3n) is 4.42. The van der Waals surface area contributed by atoms with Crippen molar-refractivity contribution in [1.29, 1.82) is 10.5 Å². The van der Waals surface area contributed by atoms with Crippen molar-refractivity contribution >= 4 is 22.7 Å². The SMILES string of the molecule is COc1cccc(Nc2c(C#N)c(C#N)c(Nc3ccccc3)c(OC)c2OC)c1. The third kappa shape index (κ3) is 3.91. The highest BCUT2D eigenvalue weighted by Gasteiger charge is 2.26. The molecule has 2 N–H and O–H groups in total. The van der Waals surface area contributed by atoms with Gasteiger partial charge in [-0.1, -0.05) is 24.3 Å². The van der Waals surface area contributed by atoms with Crippen LogP contribution < -0.4 is 24.8 Å². The molecule has 0 radical (unpaired) electrons. The van der Waals surface area contributed by atoms with Crippen LogP contribution in [0.5, 0.6) is 17.2 Å². The molecule has 3 aromatic carbocycles. The molecule has 0 aliphatic heterocycles. The summed E-state index contributed by atoms with van der Waals surface area (Å²) >= 11 is 0. The van der Waals surface area contributed by atoms with Gasteiger partial charge >= 0.3 is 0 Å². The first-order valence-corrected chi connectivity index (χ1v) is 9.02. The monoisotopic (exact) mass is 400 g/mol. The number of hydrogen-bond acceptors (Lipinski definition) is 7. The van der Waals surface area contributed by atoms with Gasteiger partial charge in [0.05, 0.1) is 32.5 Å². The third-order valence-corrected chi connectivity index (χ3v) is 4.42. The fraction of sp³-hybridized carbons (Fsp3) is 0.130. The molecule has 0 atom stereocenters. The van der Waals surface area contributed by atoms with E-state index in [-0.39, 0.29) is 11.1 Å². The molecule has 0 bridgehead atoms. The second-order valence-electron chi connectivity index (χ2n) is 6.14. The largest absolute Gasteiger partial charge is 0.497 e. The van der Waals surface area contributed by atoms with Crippen molar-refractivity contribution in [2.24, 2.45) is 0 Å². The Labute approximate surface area is 175 Å². The number of ether oxygens (including phenoxy) is 3. The first-order chi connectivity index (χ1) is 14.7. The van der Waals surface area contributed by atoms with Crippen molar-refractivity contribution in [3.8, 4) is 29.4 Å². The van der Waals surface area contributed by atoms with Crippen LogP contribution in [0.15, 0.2) is 54.6 Å². The molecule has 0 fully saturated rings. The van der Waals surface area contributed by atoms with E-state index in [1.165, 1.54) is 14.2 Å². The van der Waals surface area contributed by atoms with Gasteiger partial charge in [-0.3, -0.25) is 0 Å². The van der Waals surface area contributed by atoms with Crippen molar-refractivity contribution in [2.75, 3.05) is 32.0 Å². The second-order valence-corrected chi connectivity index (χ2v) is 6.14. The molecule has 7 heteroatoms. The first-order valence-electron chi connectivity index (χ1n) is 9.02. The lowest BCUT2D eigenvalue weighted by Gasteiger charge is -2.21. The van der Waals surface area contributed by atoms with Gasteiger partial charge in [-0.05, 0) is 24.3 Å². The summed E-state index contributed by atoms with van der Waals surface area (Å²) < 4.78 is 16.4. The van der Waals surface area contributed by atoms with E-state index in [4.69, 9.17) is 14.2 Å². The average Bonchev–Trinajstić information content (AvgIpc) is 2.79.